The molecule has 0 saturated heterocycles. The smallest absolute Gasteiger partial charge is 0.164 e. The van der Waals surface area contributed by atoms with Crippen LogP contribution in [0.25, 0.3) is 100 Å². The Morgan fingerprint density at radius 3 is 1.72 bits per heavy atom. The molecule has 6 heteroatoms. The molecule has 0 bridgehead atoms. The van der Waals surface area contributed by atoms with Crippen LogP contribution >= 0.6 is 11.8 Å². The minimum atomic E-state index is -0.469. The van der Waals surface area contributed by atoms with E-state index >= 15 is 0 Å². The highest BCUT2D eigenvalue weighted by Crippen LogP contribution is 2.63. The second-order valence-electron chi connectivity index (χ2n) is 16.8. The quantitative estimate of drug-likeness (QED) is 0.164. The summed E-state index contributed by atoms with van der Waals surface area (Å²) in [4.78, 5) is 23.3. The van der Waals surface area contributed by atoms with Gasteiger partial charge in [-0.15, -0.1) is 0 Å². The highest BCUT2D eigenvalue weighted by Gasteiger charge is 2.50. The van der Waals surface area contributed by atoms with E-state index in [2.05, 4.69) is 146 Å². The van der Waals surface area contributed by atoms with Crippen LogP contribution in [-0.2, 0) is 5.41 Å². The summed E-state index contributed by atoms with van der Waals surface area (Å²) in [6.07, 6.45) is 0. The van der Waals surface area contributed by atoms with Gasteiger partial charge < -0.3 is 4.42 Å². The molecule has 5 nitrogen and oxygen atoms in total. The molecule has 0 radical (unpaired) electrons. The van der Waals surface area contributed by atoms with Crippen LogP contribution in [0, 0.1) is 0 Å². The van der Waals surface area contributed by atoms with Crippen LogP contribution in [0.2, 0.25) is 0 Å². The van der Waals surface area contributed by atoms with Gasteiger partial charge in [0.15, 0.2) is 17.5 Å². The Morgan fingerprint density at radius 1 is 0.354 bits per heavy atom. The van der Waals surface area contributed by atoms with Gasteiger partial charge in [-0.2, -0.15) is 0 Å². The van der Waals surface area contributed by atoms with Crippen LogP contribution in [0.3, 0.4) is 0 Å². The van der Waals surface area contributed by atoms with Gasteiger partial charge in [-0.1, -0.05) is 194 Å². The van der Waals surface area contributed by atoms with Crippen LogP contribution in [-0.4, -0.2) is 19.9 Å². The SMILES string of the molecule is c1ccc(-c2nc(-c3ccc(-c4nc5ccccc5c5c6c(ccc45)C4(c5ccccc5S6)c5ccccc5-c5ccccc54)cc3)nc(-c3cccc4oc5ccccc5c34)n2)cc1. The molecular formula is C59H34N4OS. The Balaban J connectivity index is 0.959. The number of nitrogens with zero attached hydrogens (tertiary/aromatic N) is 4. The molecule has 0 unspecified atom stereocenters. The molecule has 0 saturated carbocycles. The van der Waals surface area contributed by atoms with Crippen LogP contribution in [0.1, 0.15) is 22.3 Å². The maximum atomic E-state index is 6.28. The van der Waals surface area contributed by atoms with Crippen molar-refractivity contribution in [1.82, 2.24) is 19.9 Å². The van der Waals surface area contributed by atoms with Gasteiger partial charge in [0.1, 0.15) is 11.2 Å². The molecule has 1 spiro atoms. The van der Waals surface area contributed by atoms with Gasteiger partial charge in [-0.05, 0) is 57.6 Å². The Hall–Kier alpha value is -8.19. The van der Waals surface area contributed by atoms with E-state index in [0.29, 0.717) is 17.5 Å². The number of hydrogen-bond acceptors (Lipinski definition) is 6. The second-order valence-corrected chi connectivity index (χ2v) is 17.9. The molecule has 4 heterocycles. The third-order valence-corrected chi connectivity index (χ3v) is 14.6. The molecular weight excluding hydrogens is 813 g/mol. The summed E-state index contributed by atoms with van der Waals surface area (Å²) in [6, 6.07) is 73.1. The highest BCUT2D eigenvalue weighted by molar-refractivity contribution is 7.99. The average molecular weight is 847 g/mol. The Kier molecular flexibility index (Phi) is 7.77. The molecule has 12 aromatic rings. The highest BCUT2D eigenvalue weighted by atomic mass is 32.2. The molecule has 0 amide bonds. The van der Waals surface area contributed by atoms with E-state index in [1.165, 1.54) is 48.6 Å². The summed E-state index contributed by atoms with van der Waals surface area (Å²) in [5.41, 5.74) is 14.7. The van der Waals surface area contributed by atoms with Crippen molar-refractivity contribution in [2.75, 3.05) is 0 Å². The number of aromatic nitrogens is 4. The summed E-state index contributed by atoms with van der Waals surface area (Å²) in [5, 5.41) is 5.50. The van der Waals surface area contributed by atoms with Crippen molar-refractivity contribution in [2.24, 2.45) is 0 Å². The minimum absolute atomic E-state index is 0.469. The van der Waals surface area contributed by atoms with Gasteiger partial charge in [0.05, 0.1) is 16.6 Å². The van der Waals surface area contributed by atoms with Crippen molar-refractivity contribution < 1.29 is 4.42 Å². The summed E-state index contributed by atoms with van der Waals surface area (Å²) in [7, 11) is 0. The van der Waals surface area contributed by atoms with Gasteiger partial charge in [-0.3, -0.25) is 0 Å². The first-order chi connectivity index (χ1) is 32.2. The van der Waals surface area contributed by atoms with Crippen molar-refractivity contribution in [1.29, 1.82) is 0 Å². The standard InChI is InChI=1S/C59H34N4OS/c1-2-15-36(16-3-1)56-61-57(63-58(62-56)43-21-14-27-50-52(43)41-20-7-12-26-49(41)64-50)37-31-29-35(30-32-37)54-42-33-34-47-55(53(42)40-19-6-11-25-48(40)60-54)65-51-28-13-10-24-46(51)59(47)44-22-8-4-17-38(44)39-18-5-9-23-45(39)59/h1-34H. The van der Waals surface area contributed by atoms with Crippen LogP contribution < -0.4 is 0 Å². The number of para-hydroxylation sites is 2. The molecule has 2 aliphatic rings. The average Bonchev–Trinajstić information content (AvgIpc) is 3.90. The van der Waals surface area contributed by atoms with Crippen LogP contribution in [0.5, 0.6) is 0 Å². The molecule has 0 atom stereocenters. The van der Waals surface area contributed by atoms with Crippen LogP contribution in [0.4, 0.5) is 0 Å². The van der Waals surface area contributed by atoms with Gasteiger partial charge in [0.2, 0.25) is 0 Å². The maximum Gasteiger partial charge on any atom is 0.164 e. The van der Waals surface area contributed by atoms with Crippen molar-refractivity contribution in [2.45, 2.75) is 15.2 Å². The zero-order valence-corrected chi connectivity index (χ0v) is 35.6. The number of fused-ring (bicyclic) bond motifs is 16. The summed E-state index contributed by atoms with van der Waals surface area (Å²) in [5.74, 6) is 1.79. The topological polar surface area (TPSA) is 64.7 Å². The van der Waals surface area contributed by atoms with E-state index in [9.17, 15) is 0 Å². The molecule has 3 aromatic heterocycles. The Morgan fingerprint density at radius 2 is 0.938 bits per heavy atom. The van der Waals surface area contributed by atoms with E-state index in [1.807, 2.05) is 72.4 Å². The first-order valence-corrected chi connectivity index (χ1v) is 22.7. The van der Waals surface area contributed by atoms with Crippen LogP contribution in [0.15, 0.2) is 220 Å². The number of rotatable bonds is 4. The summed E-state index contributed by atoms with van der Waals surface area (Å²) in [6.45, 7) is 0. The van der Waals surface area contributed by atoms with Crippen molar-refractivity contribution >= 4 is 55.4 Å². The fourth-order valence-corrected chi connectivity index (χ4v) is 12.0. The number of benzene rings is 9. The zero-order valence-electron chi connectivity index (χ0n) is 34.7. The monoisotopic (exact) mass is 846 g/mol. The molecule has 9 aromatic carbocycles. The fourth-order valence-electron chi connectivity index (χ4n) is 10.6. The first kappa shape index (κ1) is 36.3. The first-order valence-electron chi connectivity index (χ1n) is 21.9. The number of hydrogen-bond donors (Lipinski definition) is 0. The van der Waals surface area contributed by atoms with Gasteiger partial charge in [-0.25, -0.2) is 19.9 Å². The lowest BCUT2D eigenvalue weighted by atomic mass is 9.67. The van der Waals surface area contributed by atoms with E-state index in [1.54, 1.807) is 0 Å². The third kappa shape index (κ3) is 5.23. The minimum Gasteiger partial charge on any atom is -0.456 e. The predicted molar refractivity (Wildman–Crippen MR) is 263 cm³/mol. The predicted octanol–water partition coefficient (Wildman–Crippen LogP) is 15.0. The van der Waals surface area contributed by atoms with Gasteiger partial charge in [0, 0.05) is 59.0 Å². The van der Waals surface area contributed by atoms with Crippen molar-refractivity contribution in [3.8, 4) is 56.5 Å². The lowest BCUT2D eigenvalue weighted by molar-refractivity contribution is 0.669. The molecule has 65 heavy (non-hydrogen) atoms. The number of pyridine rings is 1. The molecule has 0 N–H and O–H groups in total. The van der Waals surface area contributed by atoms with E-state index < -0.39 is 5.41 Å². The maximum absolute atomic E-state index is 6.28. The molecule has 14 rings (SSSR count). The molecule has 0 fully saturated rings. The Bertz CT molecular complexity index is 3890. The van der Waals surface area contributed by atoms with Crippen molar-refractivity contribution in [3.63, 3.8) is 0 Å². The fraction of sp³-hybridized carbons (Fsp3) is 0.0169. The summed E-state index contributed by atoms with van der Waals surface area (Å²) >= 11 is 1.89. The van der Waals surface area contributed by atoms with E-state index in [4.69, 9.17) is 24.4 Å². The summed E-state index contributed by atoms with van der Waals surface area (Å²) < 4.78 is 6.28. The van der Waals surface area contributed by atoms with E-state index in [-0.39, 0.29) is 0 Å². The van der Waals surface area contributed by atoms with E-state index in [0.717, 1.165) is 66.2 Å². The largest absolute Gasteiger partial charge is 0.456 e. The molecule has 302 valence electrons. The lowest BCUT2D eigenvalue weighted by Gasteiger charge is -2.40. The van der Waals surface area contributed by atoms with Crippen molar-refractivity contribution in [3.05, 3.63) is 229 Å². The number of furan rings is 1. The lowest BCUT2D eigenvalue weighted by Crippen LogP contribution is -2.32. The molecule has 1 aliphatic heterocycles. The van der Waals surface area contributed by atoms with Gasteiger partial charge in [0.25, 0.3) is 0 Å². The Labute approximate surface area is 378 Å². The zero-order chi connectivity index (χ0) is 42.6. The second kappa shape index (κ2) is 13.9. The van der Waals surface area contributed by atoms with Gasteiger partial charge >= 0.3 is 0 Å². The third-order valence-electron chi connectivity index (χ3n) is 13.4. The normalized spacial score (nSPS) is 13.3. The molecule has 1 aliphatic carbocycles.